The van der Waals surface area contributed by atoms with Crippen LogP contribution in [-0.2, 0) is 11.3 Å². The van der Waals surface area contributed by atoms with E-state index in [0.717, 1.165) is 12.2 Å². The van der Waals surface area contributed by atoms with Crippen molar-refractivity contribution in [2.75, 3.05) is 6.61 Å². The number of epoxide rings is 1. The fourth-order valence-corrected chi connectivity index (χ4v) is 1.38. The molecule has 1 aromatic heterocycles. The number of aromatic nitrogens is 4. The third-order valence-electron chi connectivity index (χ3n) is 2.25. The average molecular weight is 202 g/mol. The molecule has 0 aliphatic carbocycles. The van der Waals surface area contributed by atoms with E-state index in [1.54, 1.807) is 4.80 Å². The van der Waals surface area contributed by atoms with E-state index in [1.807, 2.05) is 30.3 Å². The number of nitrogens with zero attached hydrogens (tertiary/aromatic N) is 4. The van der Waals surface area contributed by atoms with E-state index < -0.39 is 0 Å². The molecule has 2 heterocycles. The molecule has 1 fully saturated rings. The lowest BCUT2D eigenvalue weighted by Gasteiger charge is -1.92. The molecule has 1 aliphatic rings. The first-order valence-electron chi connectivity index (χ1n) is 4.86. The zero-order valence-electron chi connectivity index (χ0n) is 8.08. The first-order valence-corrected chi connectivity index (χ1v) is 4.86. The number of ether oxygens (including phenoxy) is 1. The van der Waals surface area contributed by atoms with Crippen LogP contribution in [0, 0.1) is 0 Å². The Hall–Kier alpha value is -1.75. The van der Waals surface area contributed by atoms with E-state index in [2.05, 4.69) is 15.4 Å². The maximum absolute atomic E-state index is 5.10. The topological polar surface area (TPSA) is 56.1 Å². The highest BCUT2D eigenvalue weighted by Gasteiger charge is 2.24. The second-order valence-electron chi connectivity index (χ2n) is 3.49. The second kappa shape index (κ2) is 3.43. The molecule has 0 unspecified atom stereocenters. The van der Waals surface area contributed by atoms with Crippen LogP contribution in [0.4, 0.5) is 0 Å². The predicted molar refractivity (Wildman–Crippen MR) is 53.0 cm³/mol. The van der Waals surface area contributed by atoms with Crippen LogP contribution in [0.2, 0.25) is 0 Å². The normalized spacial score (nSPS) is 19.1. The molecule has 1 aliphatic heterocycles. The van der Waals surface area contributed by atoms with Crippen molar-refractivity contribution in [1.82, 2.24) is 20.2 Å². The molecule has 0 radical (unpaired) electrons. The summed E-state index contributed by atoms with van der Waals surface area (Å²) in [5.41, 5.74) is 0.987. The van der Waals surface area contributed by atoms with Crippen LogP contribution in [0.1, 0.15) is 0 Å². The fourth-order valence-electron chi connectivity index (χ4n) is 1.38. The van der Waals surface area contributed by atoms with Crippen molar-refractivity contribution in [2.45, 2.75) is 12.6 Å². The molecule has 0 N–H and O–H groups in total. The standard InChI is InChI=1S/C10H10N4O/c1-2-4-8(5-3-1)10-11-13-14(12-10)6-9-7-15-9/h1-5,9H,6-7H2/t9-/m0/s1. The summed E-state index contributed by atoms with van der Waals surface area (Å²) in [5.74, 6) is 0.663. The van der Waals surface area contributed by atoms with E-state index in [9.17, 15) is 0 Å². The van der Waals surface area contributed by atoms with Crippen LogP contribution >= 0.6 is 0 Å². The van der Waals surface area contributed by atoms with Crippen LogP contribution < -0.4 is 0 Å². The molecule has 0 amide bonds. The molecule has 3 rings (SSSR count). The summed E-state index contributed by atoms with van der Waals surface area (Å²) in [7, 11) is 0. The first kappa shape index (κ1) is 8.55. The van der Waals surface area contributed by atoms with Crippen molar-refractivity contribution in [1.29, 1.82) is 0 Å². The predicted octanol–water partition coefficient (Wildman–Crippen LogP) is 0.739. The summed E-state index contributed by atoms with van der Waals surface area (Å²) >= 11 is 0. The van der Waals surface area contributed by atoms with Gasteiger partial charge in [-0.15, -0.1) is 10.2 Å². The van der Waals surface area contributed by atoms with E-state index in [0.29, 0.717) is 12.4 Å². The van der Waals surface area contributed by atoms with Crippen molar-refractivity contribution in [3.05, 3.63) is 30.3 Å². The number of tetrazole rings is 1. The maximum atomic E-state index is 5.10. The molecule has 1 atom stereocenters. The molecule has 15 heavy (non-hydrogen) atoms. The van der Waals surface area contributed by atoms with Gasteiger partial charge in [0.1, 0.15) is 6.10 Å². The fraction of sp³-hybridized carbons (Fsp3) is 0.300. The first-order chi connectivity index (χ1) is 7.42. The van der Waals surface area contributed by atoms with Crippen molar-refractivity contribution < 1.29 is 4.74 Å². The molecule has 0 bridgehead atoms. The Bertz CT molecular complexity index is 449. The molecular weight excluding hydrogens is 192 g/mol. The van der Waals surface area contributed by atoms with Crippen LogP contribution in [0.5, 0.6) is 0 Å². The number of rotatable bonds is 3. The van der Waals surface area contributed by atoms with Gasteiger partial charge in [-0.3, -0.25) is 0 Å². The van der Waals surface area contributed by atoms with E-state index >= 15 is 0 Å². The third-order valence-corrected chi connectivity index (χ3v) is 2.25. The van der Waals surface area contributed by atoms with Crippen LogP contribution in [-0.4, -0.2) is 32.9 Å². The lowest BCUT2D eigenvalue weighted by molar-refractivity contribution is 0.357. The molecule has 76 valence electrons. The summed E-state index contributed by atoms with van der Waals surface area (Å²) < 4.78 is 5.10. The second-order valence-corrected chi connectivity index (χ2v) is 3.49. The van der Waals surface area contributed by atoms with Gasteiger partial charge < -0.3 is 4.74 Å². The highest BCUT2D eigenvalue weighted by atomic mass is 16.6. The Labute approximate surface area is 86.7 Å². The number of hydrogen-bond acceptors (Lipinski definition) is 4. The Morgan fingerprint density at radius 1 is 1.33 bits per heavy atom. The minimum Gasteiger partial charge on any atom is -0.371 e. The van der Waals surface area contributed by atoms with Gasteiger partial charge in [-0.05, 0) is 5.21 Å². The van der Waals surface area contributed by atoms with Gasteiger partial charge in [-0.2, -0.15) is 4.80 Å². The van der Waals surface area contributed by atoms with E-state index in [4.69, 9.17) is 4.74 Å². The molecule has 1 aromatic carbocycles. The summed E-state index contributed by atoms with van der Waals surface area (Å²) in [4.78, 5) is 1.58. The molecule has 0 spiro atoms. The van der Waals surface area contributed by atoms with Gasteiger partial charge in [0.05, 0.1) is 13.2 Å². The molecule has 0 saturated carbocycles. The van der Waals surface area contributed by atoms with Crippen LogP contribution in [0.15, 0.2) is 30.3 Å². The molecular formula is C10H10N4O. The molecule has 1 saturated heterocycles. The van der Waals surface area contributed by atoms with Gasteiger partial charge in [0, 0.05) is 5.56 Å². The van der Waals surface area contributed by atoms with Crippen molar-refractivity contribution >= 4 is 0 Å². The van der Waals surface area contributed by atoms with E-state index in [1.165, 1.54) is 0 Å². The van der Waals surface area contributed by atoms with Gasteiger partial charge in [-0.25, -0.2) is 0 Å². The largest absolute Gasteiger partial charge is 0.371 e. The Kier molecular flexibility index (Phi) is 1.96. The lowest BCUT2D eigenvalue weighted by Crippen LogP contribution is -2.07. The van der Waals surface area contributed by atoms with Gasteiger partial charge in [0.15, 0.2) is 0 Å². The average Bonchev–Trinajstić information content (AvgIpc) is 2.96. The lowest BCUT2D eigenvalue weighted by atomic mass is 10.2. The zero-order chi connectivity index (χ0) is 10.1. The number of benzene rings is 1. The summed E-state index contributed by atoms with van der Waals surface area (Å²) in [6.07, 6.45) is 0.280. The summed E-state index contributed by atoms with van der Waals surface area (Å²) in [6, 6.07) is 9.82. The van der Waals surface area contributed by atoms with Crippen molar-refractivity contribution in [3.8, 4) is 11.4 Å². The summed E-state index contributed by atoms with van der Waals surface area (Å²) in [6.45, 7) is 1.50. The van der Waals surface area contributed by atoms with Crippen molar-refractivity contribution in [3.63, 3.8) is 0 Å². The minimum absolute atomic E-state index is 0.280. The van der Waals surface area contributed by atoms with Crippen molar-refractivity contribution in [2.24, 2.45) is 0 Å². The van der Waals surface area contributed by atoms with Crippen LogP contribution in [0.3, 0.4) is 0 Å². The Balaban J connectivity index is 1.83. The number of hydrogen-bond donors (Lipinski definition) is 0. The molecule has 2 aromatic rings. The SMILES string of the molecule is c1ccc(-c2nnn(C[C@H]3CO3)n2)cc1. The Morgan fingerprint density at radius 3 is 2.87 bits per heavy atom. The minimum atomic E-state index is 0.280. The van der Waals surface area contributed by atoms with Gasteiger partial charge in [0.2, 0.25) is 5.82 Å². The molecule has 5 heteroatoms. The van der Waals surface area contributed by atoms with Gasteiger partial charge >= 0.3 is 0 Å². The van der Waals surface area contributed by atoms with Gasteiger partial charge in [0.25, 0.3) is 0 Å². The Morgan fingerprint density at radius 2 is 2.13 bits per heavy atom. The monoisotopic (exact) mass is 202 g/mol. The van der Waals surface area contributed by atoms with Gasteiger partial charge in [-0.1, -0.05) is 30.3 Å². The third kappa shape index (κ3) is 1.87. The highest BCUT2D eigenvalue weighted by molar-refractivity contribution is 5.52. The smallest absolute Gasteiger partial charge is 0.204 e. The van der Waals surface area contributed by atoms with E-state index in [-0.39, 0.29) is 6.10 Å². The van der Waals surface area contributed by atoms with Crippen LogP contribution in [0.25, 0.3) is 11.4 Å². The molecule has 5 nitrogen and oxygen atoms in total. The maximum Gasteiger partial charge on any atom is 0.204 e. The quantitative estimate of drug-likeness (QED) is 0.689. The highest BCUT2D eigenvalue weighted by Crippen LogP contribution is 2.14. The summed E-state index contributed by atoms with van der Waals surface area (Å²) in [5, 5.41) is 12.2. The zero-order valence-corrected chi connectivity index (χ0v) is 8.08.